The van der Waals surface area contributed by atoms with E-state index in [1.165, 1.54) is 5.56 Å². The van der Waals surface area contributed by atoms with Crippen molar-refractivity contribution in [2.24, 2.45) is 5.92 Å². The number of carbonyl (C=O) groups is 2. The Balaban J connectivity index is 1.73. The summed E-state index contributed by atoms with van der Waals surface area (Å²) in [6.45, 7) is 4.54. The van der Waals surface area contributed by atoms with Crippen LogP contribution in [-0.4, -0.2) is 34.9 Å². The summed E-state index contributed by atoms with van der Waals surface area (Å²) in [6.07, 6.45) is 1.05. The second kappa shape index (κ2) is 8.73. The van der Waals surface area contributed by atoms with Crippen molar-refractivity contribution in [1.82, 2.24) is 10.2 Å². The first-order valence-corrected chi connectivity index (χ1v) is 10.8. The van der Waals surface area contributed by atoms with Gasteiger partial charge in [-0.3, -0.25) is 9.59 Å². The number of thiophene rings is 1. The molecule has 2 heterocycles. The third kappa shape index (κ3) is 4.89. The van der Waals surface area contributed by atoms with Gasteiger partial charge in [-0.25, -0.2) is 0 Å². The average Bonchev–Trinajstić information content (AvgIpc) is 3.26. The quantitative estimate of drug-likeness (QED) is 0.787. The fourth-order valence-corrected chi connectivity index (χ4v) is 4.72. The summed E-state index contributed by atoms with van der Waals surface area (Å²) >= 11 is 3.18. The number of hydrogen-bond donors (Lipinski definition) is 1. The van der Waals surface area contributed by atoms with E-state index in [1.807, 2.05) is 17.5 Å². The lowest BCUT2D eigenvalue weighted by molar-refractivity contribution is -0.132. The molecule has 0 bridgehead atoms. The zero-order valence-electron chi connectivity index (χ0n) is 15.1. The van der Waals surface area contributed by atoms with Crippen LogP contribution in [0.4, 0.5) is 0 Å². The van der Waals surface area contributed by atoms with Gasteiger partial charge in [-0.15, -0.1) is 23.1 Å². The molecule has 1 aromatic carbocycles. The van der Waals surface area contributed by atoms with E-state index >= 15 is 0 Å². The molecule has 1 saturated heterocycles. The number of carbonyl (C=O) groups excluding carboxylic acids is 2. The molecule has 0 saturated carbocycles. The van der Waals surface area contributed by atoms with Gasteiger partial charge in [-0.1, -0.05) is 44.2 Å². The summed E-state index contributed by atoms with van der Waals surface area (Å²) in [5.74, 6) is 1.60. The Kier molecular flexibility index (Phi) is 6.38. The number of thioether (sulfide) groups is 1. The molecule has 1 aliphatic rings. The van der Waals surface area contributed by atoms with Gasteiger partial charge in [0.25, 0.3) is 0 Å². The molecule has 0 unspecified atom stereocenters. The SMILES string of the molecule is CC(C)Cc1ccc([C@H](NC(=O)CN2CSCC2=O)c2cccs2)cc1. The predicted molar refractivity (Wildman–Crippen MR) is 108 cm³/mol. The van der Waals surface area contributed by atoms with Crippen molar-refractivity contribution in [2.75, 3.05) is 18.2 Å². The fraction of sp³-hybridized carbons (Fsp3) is 0.400. The molecular weight excluding hydrogens is 364 g/mol. The minimum Gasteiger partial charge on any atom is -0.343 e. The highest BCUT2D eigenvalue weighted by molar-refractivity contribution is 8.00. The first-order valence-electron chi connectivity index (χ1n) is 8.80. The van der Waals surface area contributed by atoms with Crippen LogP contribution in [0.15, 0.2) is 41.8 Å². The summed E-state index contributed by atoms with van der Waals surface area (Å²) < 4.78 is 0. The monoisotopic (exact) mass is 388 g/mol. The topological polar surface area (TPSA) is 49.4 Å². The van der Waals surface area contributed by atoms with E-state index in [9.17, 15) is 9.59 Å². The Labute approximate surface area is 163 Å². The second-order valence-corrected chi connectivity index (χ2v) is 8.86. The van der Waals surface area contributed by atoms with Crippen LogP contribution in [0.5, 0.6) is 0 Å². The molecule has 1 atom stereocenters. The summed E-state index contributed by atoms with van der Waals surface area (Å²) in [5.41, 5.74) is 2.37. The maximum Gasteiger partial charge on any atom is 0.240 e. The molecule has 1 aromatic heterocycles. The lowest BCUT2D eigenvalue weighted by Gasteiger charge is -2.21. The number of benzene rings is 1. The lowest BCUT2D eigenvalue weighted by atomic mass is 9.99. The van der Waals surface area contributed by atoms with Crippen molar-refractivity contribution in [3.8, 4) is 0 Å². The Morgan fingerprint density at radius 3 is 2.58 bits per heavy atom. The molecule has 4 nitrogen and oxygen atoms in total. The molecule has 26 heavy (non-hydrogen) atoms. The van der Waals surface area contributed by atoms with Gasteiger partial charge < -0.3 is 10.2 Å². The number of hydrogen-bond acceptors (Lipinski definition) is 4. The van der Waals surface area contributed by atoms with Gasteiger partial charge in [0.15, 0.2) is 0 Å². The van der Waals surface area contributed by atoms with E-state index in [0.29, 0.717) is 17.5 Å². The third-order valence-electron chi connectivity index (χ3n) is 4.25. The van der Waals surface area contributed by atoms with Crippen LogP contribution in [0.3, 0.4) is 0 Å². The number of nitrogens with zero attached hydrogens (tertiary/aromatic N) is 1. The molecule has 2 aromatic rings. The van der Waals surface area contributed by atoms with Crippen molar-refractivity contribution in [3.05, 3.63) is 57.8 Å². The lowest BCUT2D eigenvalue weighted by Crippen LogP contribution is -2.39. The van der Waals surface area contributed by atoms with Gasteiger partial charge in [-0.05, 0) is 34.9 Å². The normalized spacial score (nSPS) is 15.5. The van der Waals surface area contributed by atoms with Gasteiger partial charge in [0, 0.05) is 4.88 Å². The van der Waals surface area contributed by atoms with E-state index < -0.39 is 0 Å². The van der Waals surface area contributed by atoms with Gasteiger partial charge in [0.1, 0.15) is 6.54 Å². The van der Waals surface area contributed by atoms with Crippen molar-refractivity contribution in [1.29, 1.82) is 0 Å². The Hall–Kier alpha value is -1.79. The standard InChI is InChI=1S/C20H24N2O2S2/c1-14(2)10-15-5-7-16(8-6-15)20(17-4-3-9-26-17)21-18(23)11-22-13-25-12-19(22)24/h3-9,14,20H,10-13H2,1-2H3,(H,21,23)/t20-/m0/s1. The van der Waals surface area contributed by atoms with E-state index in [1.54, 1.807) is 28.0 Å². The average molecular weight is 389 g/mol. The molecule has 0 radical (unpaired) electrons. The highest BCUT2D eigenvalue weighted by atomic mass is 32.2. The summed E-state index contributed by atoms with van der Waals surface area (Å²) in [4.78, 5) is 27.0. The first-order chi connectivity index (χ1) is 12.5. The van der Waals surface area contributed by atoms with Crippen LogP contribution < -0.4 is 5.32 Å². The summed E-state index contributed by atoms with van der Waals surface area (Å²) in [5, 5.41) is 5.13. The largest absolute Gasteiger partial charge is 0.343 e. The van der Waals surface area contributed by atoms with Crippen LogP contribution in [0.2, 0.25) is 0 Å². The number of rotatable bonds is 7. The maximum absolute atomic E-state index is 12.5. The maximum atomic E-state index is 12.5. The molecular formula is C20H24N2O2S2. The van der Waals surface area contributed by atoms with E-state index in [4.69, 9.17) is 0 Å². The van der Waals surface area contributed by atoms with Gasteiger partial charge >= 0.3 is 0 Å². The number of nitrogens with one attached hydrogen (secondary N) is 1. The highest BCUT2D eigenvalue weighted by Crippen LogP contribution is 2.27. The predicted octanol–water partition coefficient (Wildman–Crippen LogP) is 3.69. The van der Waals surface area contributed by atoms with Crippen LogP contribution in [0.1, 0.15) is 35.9 Å². The molecule has 0 aliphatic carbocycles. The Bertz CT molecular complexity index is 742. The molecule has 2 amide bonds. The Morgan fingerprint density at radius 1 is 1.23 bits per heavy atom. The van der Waals surface area contributed by atoms with Crippen LogP contribution >= 0.6 is 23.1 Å². The summed E-state index contributed by atoms with van der Waals surface area (Å²) in [6, 6.07) is 12.3. The molecule has 138 valence electrons. The van der Waals surface area contributed by atoms with Crippen molar-refractivity contribution >= 4 is 34.9 Å². The molecule has 1 aliphatic heterocycles. The second-order valence-electron chi connectivity index (χ2n) is 6.92. The minimum absolute atomic E-state index is 0.0378. The molecule has 1 N–H and O–H groups in total. The van der Waals surface area contributed by atoms with E-state index in [2.05, 4.69) is 43.4 Å². The van der Waals surface area contributed by atoms with Crippen LogP contribution in [-0.2, 0) is 16.0 Å². The molecule has 3 rings (SSSR count). The van der Waals surface area contributed by atoms with Crippen LogP contribution in [0, 0.1) is 5.92 Å². The van der Waals surface area contributed by atoms with Gasteiger partial charge in [0.05, 0.1) is 17.7 Å². The van der Waals surface area contributed by atoms with Crippen molar-refractivity contribution < 1.29 is 9.59 Å². The zero-order chi connectivity index (χ0) is 18.5. The third-order valence-corrected chi connectivity index (χ3v) is 6.13. The zero-order valence-corrected chi connectivity index (χ0v) is 16.7. The summed E-state index contributed by atoms with van der Waals surface area (Å²) in [7, 11) is 0. The number of amides is 2. The molecule has 1 fully saturated rings. The minimum atomic E-state index is -0.180. The first kappa shape index (κ1) is 19.0. The Morgan fingerprint density at radius 2 is 2.00 bits per heavy atom. The smallest absolute Gasteiger partial charge is 0.240 e. The van der Waals surface area contributed by atoms with E-state index in [-0.39, 0.29) is 24.4 Å². The van der Waals surface area contributed by atoms with E-state index in [0.717, 1.165) is 16.9 Å². The molecule has 6 heteroatoms. The molecule has 0 spiro atoms. The van der Waals surface area contributed by atoms with Crippen LogP contribution in [0.25, 0.3) is 0 Å². The van der Waals surface area contributed by atoms with Crippen molar-refractivity contribution in [3.63, 3.8) is 0 Å². The van der Waals surface area contributed by atoms with Gasteiger partial charge in [0.2, 0.25) is 11.8 Å². The van der Waals surface area contributed by atoms with Gasteiger partial charge in [-0.2, -0.15) is 0 Å². The van der Waals surface area contributed by atoms with Crippen molar-refractivity contribution in [2.45, 2.75) is 26.3 Å². The highest BCUT2D eigenvalue weighted by Gasteiger charge is 2.25. The fourth-order valence-electron chi connectivity index (χ4n) is 3.01.